The maximum atomic E-state index is 11.8. The molecule has 0 spiro atoms. The Kier molecular flexibility index (Phi) is 3.54. The van der Waals surface area contributed by atoms with Gasteiger partial charge in [0.05, 0.1) is 6.04 Å². The fourth-order valence-corrected chi connectivity index (χ4v) is 1.61. The van der Waals surface area contributed by atoms with E-state index in [0.29, 0.717) is 0 Å². The monoisotopic (exact) mass is 233 g/mol. The van der Waals surface area contributed by atoms with Gasteiger partial charge in [0.1, 0.15) is 12.4 Å². The van der Waals surface area contributed by atoms with Gasteiger partial charge in [0.2, 0.25) is 5.91 Å². The van der Waals surface area contributed by atoms with Crippen LogP contribution >= 0.6 is 0 Å². The molecule has 0 aliphatic carbocycles. The first-order valence-electron chi connectivity index (χ1n) is 5.55. The van der Waals surface area contributed by atoms with E-state index in [1.165, 1.54) is 0 Å². The molecule has 2 heterocycles. The Hall–Kier alpha value is -2.11. The molecule has 0 saturated carbocycles. The summed E-state index contributed by atoms with van der Waals surface area (Å²) in [4.78, 5) is 18.9. The highest BCUT2D eigenvalue weighted by Crippen LogP contribution is 2.10. The lowest BCUT2D eigenvalue weighted by atomic mass is 10.2. The van der Waals surface area contributed by atoms with E-state index in [4.69, 9.17) is 0 Å². The molecule has 17 heavy (non-hydrogen) atoms. The molecule has 1 amide bonds. The van der Waals surface area contributed by atoms with Gasteiger partial charge in [0.15, 0.2) is 0 Å². The number of amides is 1. The van der Waals surface area contributed by atoms with Crippen LogP contribution in [-0.2, 0) is 11.3 Å². The summed E-state index contributed by atoms with van der Waals surface area (Å²) >= 11 is 0. The average molecular weight is 233 g/mol. The molecular weight excluding hydrogens is 218 g/mol. The van der Waals surface area contributed by atoms with Crippen LogP contribution in [0.2, 0.25) is 0 Å². The fourth-order valence-electron chi connectivity index (χ4n) is 1.61. The van der Waals surface area contributed by atoms with Gasteiger partial charge in [0, 0.05) is 24.8 Å². The second-order valence-electron chi connectivity index (χ2n) is 3.71. The van der Waals surface area contributed by atoms with Gasteiger partial charge in [-0.2, -0.15) is 5.10 Å². The van der Waals surface area contributed by atoms with Crippen LogP contribution in [0.1, 0.15) is 25.2 Å². The van der Waals surface area contributed by atoms with Crippen LogP contribution < -0.4 is 5.32 Å². The number of nitrogens with zero attached hydrogens (tertiary/aromatic N) is 3. The second-order valence-corrected chi connectivity index (χ2v) is 3.71. The standard InChI is InChI=1S/C11H15N5O/c1-2-9(11-12-5-6-13-11)15-10(17)8-16-7-3-4-14-16/h3-7,9H,2,8H2,1H3,(H,12,13)(H,15,17). The van der Waals surface area contributed by atoms with Crippen LogP contribution in [-0.4, -0.2) is 25.7 Å². The number of aromatic nitrogens is 4. The Morgan fingerprint density at radius 2 is 2.47 bits per heavy atom. The molecule has 2 aromatic rings. The topological polar surface area (TPSA) is 75.6 Å². The van der Waals surface area contributed by atoms with Crippen LogP contribution in [0.25, 0.3) is 0 Å². The number of carbonyl (C=O) groups excluding carboxylic acids is 1. The van der Waals surface area contributed by atoms with Gasteiger partial charge < -0.3 is 10.3 Å². The summed E-state index contributed by atoms with van der Waals surface area (Å²) < 4.78 is 1.59. The molecule has 1 atom stereocenters. The van der Waals surface area contributed by atoms with Crippen molar-refractivity contribution in [3.05, 3.63) is 36.7 Å². The lowest BCUT2D eigenvalue weighted by Crippen LogP contribution is -2.32. The summed E-state index contributed by atoms with van der Waals surface area (Å²) in [5.41, 5.74) is 0. The fraction of sp³-hybridized carbons (Fsp3) is 0.364. The van der Waals surface area contributed by atoms with Gasteiger partial charge in [-0.15, -0.1) is 0 Å². The average Bonchev–Trinajstić information content (AvgIpc) is 2.97. The Morgan fingerprint density at radius 3 is 3.06 bits per heavy atom. The molecule has 90 valence electrons. The van der Waals surface area contributed by atoms with Crippen molar-refractivity contribution < 1.29 is 4.79 Å². The minimum Gasteiger partial charge on any atom is -0.347 e. The van der Waals surface area contributed by atoms with E-state index in [1.54, 1.807) is 35.5 Å². The van der Waals surface area contributed by atoms with E-state index >= 15 is 0 Å². The molecule has 6 heteroatoms. The highest BCUT2D eigenvalue weighted by Gasteiger charge is 2.14. The molecule has 6 nitrogen and oxygen atoms in total. The first-order valence-corrected chi connectivity index (χ1v) is 5.55. The van der Waals surface area contributed by atoms with E-state index in [9.17, 15) is 4.79 Å². The number of carbonyl (C=O) groups is 1. The Morgan fingerprint density at radius 1 is 1.59 bits per heavy atom. The lowest BCUT2D eigenvalue weighted by molar-refractivity contribution is -0.122. The normalized spacial score (nSPS) is 12.3. The van der Waals surface area contributed by atoms with Gasteiger partial charge in [0.25, 0.3) is 0 Å². The maximum absolute atomic E-state index is 11.8. The van der Waals surface area contributed by atoms with Crippen molar-refractivity contribution in [1.29, 1.82) is 0 Å². The maximum Gasteiger partial charge on any atom is 0.242 e. The van der Waals surface area contributed by atoms with Crippen molar-refractivity contribution in [3.8, 4) is 0 Å². The molecule has 0 fully saturated rings. The third-order valence-corrected chi connectivity index (χ3v) is 2.46. The van der Waals surface area contributed by atoms with Gasteiger partial charge in [-0.25, -0.2) is 4.98 Å². The number of H-pyrrole nitrogens is 1. The number of imidazole rings is 1. The van der Waals surface area contributed by atoms with Crippen molar-refractivity contribution in [1.82, 2.24) is 25.1 Å². The van der Waals surface area contributed by atoms with E-state index < -0.39 is 0 Å². The molecule has 1 unspecified atom stereocenters. The molecule has 2 N–H and O–H groups in total. The molecular formula is C11H15N5O. The van der Waals surface area contributed by atoms with Crippen LogP contribution in [0.5, 0.6) is 0 Å². The highest BCUT2D eigenvalue weighted by molar-refractivity contribution is 5.76. The molecule has 0 aliphatic rings. The van der Waals surface area contributed by atoms with Crippen molar-refractivity contribution in [2.45, 2.75) is 25.9 Å². The van der Waals surface area contributed by atoms with E-state index in [-0.39, 0.29) is 18.5 Å². The van der Waals surface area contributed by atoms with E-state index in [2.05, 4.69) is 20.4 Å². The largest absolute Gasteiger partial charge is 0.347 e. The van der Waals surface area contributed by atoms with Crippen LogP contribution in [0.4, 0.5) is 0 Å². The Labute approximate surface area is 99.1 Å². The summed E-state index contributed by atoms with van der Waals surface area (Å²) in [7, 11) is 0. The summed E-state index contributed by atoms with van der Waals surface area (Å²) in [5.74, 6) is 0.707. The van der Waals surface area contributed by atoms with Crippen molar-refractivity contribution in [3.63, 3.8) is 0 Å². The van der Waals surface area contributed by atoms with E-state index in [1.807, 2.05) is 6.92 Å². The molecule has 0 bridgehead atoms. The van der Waals surface area contributed by atoms with Crippen LogP contribution in [0.3, 0.4) is 0 Å². The zero-order chi connectivity index (χ0) is 12.1. The zero-order valence-electron chi connectivity index (χ0n) is 9.63. The smallest absolute Gasteiger partial charge is 0.242 e. The van der Waals surface area contributed by atoms with Gasteiger partial charge in [-0.3, -0.25) is 9.48 Å². The van der Waals surface area contributed by atoms with Crippen LogP contribution in [0, 0.1) is 0 Å². The summed E-state index contributed by atoms with van der Waals surface area (Å²) in [6.45, 7) is 2.23. The molecule has 2 rings (SSSR count). The first-order chi connectivity index (χ1) is 8.29. The molecule has 2 aromatic heterocycles. The quantitative estimate of drug-likeness (QED) is 0.804. The molecule has 0 saturated heterocycles. The number of hydrogen-bond acceptors (Lipinski definition) is 3. The summed E-state index contributed by atoms with van der Waals surface area (Å²) in [6, 6.07) is 1.71. The number of hydrogen-bond donors (Lipinski definition) is 2. The van der Waals surface area contributed by atoms with E-state index in [0.717, 1.165) is 12.2 Å². The predicted molar refractivity (Wildman–Crippen MR) is 62.0 cm³/mol. The zero-order valence-corrected chi connectivity index (χ0v) is 9.63. The molecule has 0 aromatic carbocycles. The SMILES string of the molecule is CCC(NC(=O)Cn1cccn1)c1ncc[nH]1. The van der Waals surface area contributed by atoms with Gasteiger partial charge >= 0.3 is 0 Å². The number of rotatable bonds is 5. The third kappa shape index (κ3) is 2.93. The lowest BCUT2D eigenvalue weighted by Gasteiger charge is -2.14. The van der Waals surface area contributed by atoms with Crippen molar-refractivity contribution in [2.24, 2.45) is 0 Å². The van der Waals surface area contributed by atoms with Crippen molar-refractivity contribution in [2.75, 3.05) is 0 Å². The highest BCUT2D eigenvalue weighted by atomic mass is 16.2. The first kappa shape index (κ1) is 11.4. The number of aromatic amines is 1. The number of nitrogens with one attached hydrogen (secondary N) is 2. The van der Waals surface area contributed by atoms with Gasteiger partial charge in [-0.05, 0) is 12.5 Å². The van der Waals surface area contributed by atoms with Crippen molar-refractivity contribution >= 4 is 5.91 Å². The minimum atomic E-state index is -0.0759. The molecule has 0 aliphatic heterocycles. The summed E-state index contributed by atoms with van der Waals surface area (Å²) in [6.07, 6.45) is 7.62. The third-order valence-electron chi connectivity index (χ3n) is 2.46. The Bertz CT molecular complexity index is 448. The minimum absolute atomic E-state index is 0.0723. The predicted octanol–water partition coefficient (Wildman–Crippen LogP) is 0.874. The van der Waals surface area contributed by atoms with Gasteiger partial charge in [-0.1, -0.05) is 6.92 Å². The van der Waals surface area contributed by atoms with Crippen LogP contribution in [0.15, 0.2) is 30.9 Å². The Balaban J connectivity index is 1.93. The summed E-state index contributed by atoms with van der Waals surface area (Å²) in [5, 5.41) is 6.90. The molecule has 0 radical (unpaired) electrons. The second kappa shape index (κ2) is 5.29.